The van der Waals surface area contributed by atoms with Crippen molar-refractivity contribution in [1.82, 2.24) is 5.32 Å². The zero-order chi connectivity index (χ0) is 20.3. The van der Waals surface area contributed by atoms with Gasteiger partial charge in [-0.1, -0.05) is 24.8 Å². The lowest BCUT2D eigenvalue weighted by Gasteiger charge is -2.45. The van der Waals surface area contributed by atoms with Crippen molar-refractivity contribution in [2.45, 2.75) is 50.5 Å². The minimum absolute atomic E-state index is 0.136. The van der Waals surface area contributed by atoms with Crippen LogP contribution in [0.25, 0.3) is 0 Å². The van der Waals surface area contributed by atoms with E-state index >= 15 is 0 Å². The normalized spacial score (nSPS) is 23.5. The second kappa shape index (κ2) is 8.58. The minimum atomic E-state index is -0.136. The van der Waals surface area contributed by atoms with Crippen LogP contribution in [0.15, 0.2) is 54.2 Å². The number of ether oxygens (including phenoxy) is 2. The summed E-state index contributed by atoms with van der Waals surface area (Å²) in [6.07, 6.45) is 12.3. The van der Waals surface area contributed by atoms with Gasteiger partial charge in [-0.05, 0) is 81.8 Å². The van der Waals surface area contributed by atoms with Gasteiger partial charge in [0.15, 0.2) is 0 Å². The van der Waals surface area contributed by atoms with E-state index in [-0.39, 0.29) is 11.5 Å². The van der Waals surface area contributed by atoms with Crippen molar-refractivity contribution in [2.75, 3.05) is 19.7 Å². The van der Waals surface area contributed by atoms with Gasteiger partial charge in [0.2, 0.25) is 0 Å². The van der Waals surface area contributed by atoms with Crippen LogP contribution in [0.1, 0.15) is 50.5 Å². The summed E-state index contributed by atoms with van der Waals surface area (Å²) in [6.45, 7) is 8.60. The SMILES string of the molecule is C=C(C=O)/C=C\C(=C/C)C1CC2(CCNCC2)Oc2ccc(OCC3CC3)cc21. The zero-order valence-corrected chi connectivity index (χ0v) is 17.3. The van der Waals surface area contributed by atoms with Gasteiger partial charge in [0.05, 0.1) is 6.61 Å². The lowest BCUT2D eigenvalue weighted by Crippen LogP contribution is -2.49. The number of fused-ring (bicyclic) bond motifs is 1. The first kappa shape index (κ1) is 20.0. The van der Waals surface area contributed by atoms with Crippen LogP contribution < -0.4 is 14.8 Å². The first-order valence-corrected chi connectivity index (χ1v) is 10.8. The predicted octanol–water partition coefficient (Wildman–Crippen LogP) is 4.72. The number of carbonyl (C=O) groups excluding carboxylic acids is 1. The maximum Gasteiger partial charge on any atom is 0.149 e. The largest absolute Gasteiger partial charge is 0.493 e. The van der Waals surface area contributed by atoms with Crippen molar-refractivity contribution in [1.29, 1.82) is 0 Å². The third kappa shape index (κ3) is 4.64. The molecule has 1 aromatic rings. The second-order valence-electron chi connectivity index (χ2n) is 8.56. The van der Waals surface area contributed by atoms with Crippen molar-refractivity contribution in [3.63, 3.8) is 0 Å². The highest BCUT2D eigenvalue weighted by molar-refractivity contribution is 5.76. The van der Waals surface area contributed by atoms with E-state index < -0.39 is 0 Å². The third-order valence-corrected chi connectivity index (χ3v) is 6.33. The highest BCUT2D eigenvalue weighted by atomic mass is 16.5. The lowest BCUT2D eigenvalue weighted by molar-refractivity contribution is -0.104. The molecule has 0 bridgehead atoms. The molecule has 29 heavy (non-hydrogen) atoms. The molecule has 4 nitrogen and oxygen atoms in total. The van der Waals surface area contributed by atoms with Crippen LogP contribution >= 0.6 is 0 Å². The first-order valence-electron chi connectivity index (χ1n) is 10.8. The Balaban J connectivity index is 1.66. The molecule has 1 unspecified atom stereocenters. The summed E-state index contributed by atoms with van der Waals surface area (Å²) in [6, 6.07) is 6.27. The molecular weight excluding hydrogens is 362 g/mol. The van der Waals surface area contributed by atoms with E-state index in [1.54, 1.807) is 6.08 Å². The molecule has 1 spiro atoms. The summed E-state index contributed by atoms with van der Waals surface area (Å²) < 4.78 is 12.7. The van der Waals surface area contributed by atoms with Gasteiger partial charge in [-0.15, -0.1) is 0 Å². The predicted molar refractivity (Wildman–Crippen MR) is 116 cm³/mol. The van der Waals surface area contributed by atoms with Crippen LogP contribution in [-0.2, 0) is 4.79 Å². The Morgan fingerprint density at radius 3 is 2.79 bits per heavy atom. The fourth-order valence-electron chi connectivity index (χ4n) is 4.38. The third-order valence-electron chi connectivity index (χ3n) is 6.33. The highest BCUT2D eigenvalue weighted by Crippen LogP contribution is 2.49. The maximum atomic E-state index is 11.0. The van der Waals surface area contributed by atoms with Gasteiger partial charge in [-0.25, -0.2) is 0 Å². The van der Waals surface area contributed by atoms with Crippen LogP contribution in [0.2, 0.25) is 0 Å². The Morgan fingerprint density at radius 1 is 1.31 bits per heavy atom. The van der Waals surface area contributed by atoms with Crippen molar-refractivity contribution in [2.24, 2.45) is 5.92 Å². The minimum Gasteiger partial charge on any atom is -0.493 e. The average molecular weight is 394 g/mol. The first-order chi connectivity index (χ1) is 14.1. The molecule has 2 aliphatic heterocycles. The topological polar surface area (TPSA) is 47.6 Å². The number of benzene rings is 1. The number of piperidine rings is 1. The molecule has 4 rings (SSSR count). The number of rotatable bonds is 7. The molecule has 2 fully saturated rings. The van der Waals surface area contributed by atoms with Gasteiger partial charge >= 0.3 is 0 Å². The molecule has 3 aliphatic rings. The Kier molecular flexibility index (Phi) is 5.91. The van der Waals surface area contributed by atoms with E-state index in [4.69, 9.17) is 9.47 Å². The summed E-state index contributed by atoms with van der Waals surface area (Å²) in [5, 5.41) is 3.45. The van der Waals surface area contributed by atoms with Crippen molar-refractivity contribution < 1.29 is 14.3 Å². The maximum absolute atomic E-state index is 11.0. The average Bonchev–Trinajstić information content (AvgIpc) is 3.57. The summed E-state index contributed by atoms with van der Waals surface area (Å²) >= 11 is 0. The van der Waals surface area contributed by atoms with Crippen molar-refractivity contribution in [3.05, 3.63) is 59.7 Å². The quantitative estimate of drug-likeness (QED) is 0.414. The number of carbonyl (C=O) groups is 1. The van der Waals surface area contributed by atoms with Gasteiger partial charge in [0.25, 0.3) is 0 Å². The number of allylic oxidation sites excluding steroid dienone is 5. The second-order valence-corrected chi connectivity index (χ2v) is 8.56. The molecule has 0 amide bonds. The standard InChI is InChI=1S/C25H31NO3/c1-3-20(7-4-18(2)16-27)23-15-25(10-12-26-13-11-25)29-24-9-8-21(14-22(23)24)28-17-19-5-6-19/h3-4,7-9,14,16,19,23,26H,2,5-6,10-13,15,17H2,1H3/b7-4-,20-3+. The van der Waals surface area contributed by atoms with Crippen LogP contribution in [0, 0.1) is 5.92 Å². The van der Waals surface area contributed by atoms with Gasteiger partial charge in [0, 0.05) is 17.1 Å². The Morgan fingerprint density at radius 2 is 2.10 bits per heavy atom. The number of aldehydes is 1. The Hall–Kier alpha value is -2.33. The zero-order valence-electron chi connectivity index (χ0n) is 17.3. The van der Waals surface area contributed by atoms with Crippen LogP contribution in [0.3, 0.4) is 0 Å². The molecule has 1 aliphatic carbocycles. The van der Waals surface area contributed by atoms with E-state index in [0.29, 0.717) is 5.57 Å². The fourth-order valence-corrected chi connectivity index (χ4v) is 4.38. The smallest absolute Gasteiger partial charge is 0.149 e. The monoisotopic (exact) mass is 393 g/mol. The van der Waals surface area contributed by atoms with E-state index in [9.17, 15) is 4.79 Å². The molecule has 1 saturated carbocycles. The summed E-state index contributed by atoms with van der Waals surface area (Å²) in [5.41, 5.74) is 2.71. The molecule has 4 heteroatoms. The van der Waals surface area contributed by atoms with Gasteiger partial charge < -0.3 is 14.8 Å². The molecule has 2 heterocycles. The molecule has 154 valence electrons. The van der Waals surface area contributed by atoms with E-state index in [1.807, 2.05) is 12.1 Å². The van der Waals surface area contributed by atoms with E-state index in [1.165, 1.54) is 24.0 Å². The molecule has 1 atom stereocenters. The van der Waals surface area contributed by atoms with Crippen molar-refractivity contribution in [3.8, 4) is 11.5 Å². The summed E-state index contributed by atoms with van der Waals surface area (Å²) in [5.74, 6) is 2.81. The lowest BCUT2D eigenvalue weighted by atomic mass is 9.74. The summed E-state index contributed by atoms with van der Waals surface area (Å²) in [4.78, 5) is 11.0. The molecule has 1 saturated heterocycles. The van der Waals surface area contributed by atoms with Crippen molar-refractivity contribution >= 4 is 6.29 Å². The highest BCUT2D eigenvalue weighted by Gasteiger charge is 2.42. The van der Waals surface area contributed by atoms with Crippen LogP contribution in [0.4, 0.5) is 0 Å². The van der Waals surface area contributed by atoms with Crippen LogP contribution in [0.5, 0.6) is 11.5 Å². The molecule has 1 N–H and O–H groups in total. The summed E-state index contributed by atoms with van der Waals surface area (Å²) in [7, 11) is 0. The molecule has 0 aromatic heterocycles. The number of hydrogen-bond acceptors (Lipinski definition) is 4. The molecule has 0 radical (unpaired) electrons. The number of hydrogen-bond donors (Lipinski definition) is 1. The fraction of sp³-hybridized carbons (Fsp3) is 0.480. The van der Waals surface area contributed by atoms with Gasteiger partial charge in [-0.3, -0.25) is 4.79 Å². The van der Waals surface area contributed by atoms with E-state index in [0.717, 1.165) is 62.7 Å². The molecular formula is C25H31NO3. The van der Waals surface area contributed by atoms with Gasteiger partial charge in [-0.2, -0.15) is 0 Å². The Labute approximate surface area is 173 Å². The van der Waals surface area contributed by atoms with Crippen LogP contribution in [-0.4, -0.2) is 31.6 Å². The molecule has 1 aromatic carbocycles. The number of nitrogens with one attached hydrogen (secondary N) is 1. The Bertz CT molecular complexity index is 828. The van der Waals surface area contributed by atoms with E-state index in [2.05, 4.69) is 37.0 Å². The van der Waals surface area contributed by atoms with Gasteiger partial charge in [0.1, 0.15) is 23.4 Å².